The van der Waals surface area contributed by atoms with E-state index in [0.29, 0.717) is 23.4 Å². The van der Waals surface area contributed by atoms with Crippen LogP contribution in [0.4, 0.5) is 4.79 Å². The highest BCUT2D eigenvalue weighted by molar-refractivity contribution is 6.02. The predicted octanol–water partition coefficient (Wildman–Crippen LogP) is 5.71. The molecule has 1 saturated carbocycles. The van der Waals surface area contributed by atoms with Gasteiger partial charge in [0.2, 0.25) is 6.29 Å². The molecule has 0 amide bonds. The SMILES string of the molecule is CCn1nnnc1-c1ccccc1-c1ccc(Cn2c(=O)[nH]c3cccc(C(=O)O[C@@H](C)OC(=O)OC4CCCCC4)c32)cc1. The average molecular weight is 611 g/mol. The van der Waals surface area contributed by atoms with Crippen LogP contribution in [0.5, 0.6) is 0 Å². The number of esters is 1. The van der Waals surface area contributed by atoms with Crippen molar-refractivity contribution in [2.45, 2.75) is 71.4 Å². The summed E-state index contributed by atoms with van der Waals surface area (Å²) in [6.45, 7) is 4.28. The third kappa shape index (κ3) is 6.49. The van der Waals surface area contributed by atoms with Gasteiger partial charge in [0.1, 0.15) is 6.10 Å². The topological polar surface area (TPSA) is 143 Å². The summed E-state index contributed by atoms with van der Waals surface area (Å²) in [5.41, 5.74) is 4.38. The fourth-order valence-electron chi connectivity index (χ4n) is 5.77. The minimum atomic E-state index is -1.18. The second-order valence-electron chi connectivity index (χ2n) is 11.0. The van der Waals surface area contributed by atoms with Gasteiger partial charge in [-0.15, -0.1) is 5.10 Å². The van der Waals surface area contributed by atoms with Gasteiger partial charge in [0, 0.05) is 19.0 Å². The Labute approximate surface area is 258 Å². The third-order valence-electron chi connectivity index (χ3n) is 7.97. The van der Waals surface area contributed by atoms with Crippen molar-refractivity contribution >= 4 is 23.2 Å². The Kier molecular flexibility index (Phi) is 8.72. The van der Waals surface area contributed by atoms with Gasteiger partial charge in [0.05, 0.1) is 23.1 Å². The Hall–Kier alpha value is -5.26. The van der Waals surface area contributed by atoms with E-state index < -0.39 is 18.4 Å². The lowest BCUT2D eigenvalue weighted by Gasteiger charge is -2.22. The van der Waals surface area contributed by atoms with Gasteiger partial charge in [0.15, 0.2) is 5.82 Å². The molecule has 0 aliphatic heterocycles. The molecule has 5 aromatic rings. The van der Waals surface area contributed by atoms with Crippen LogP contribution in [0, 0.1) is 0 Å². The number of benzene rings is 3. The zero-order chi connectivity index (χ0) is 31.3. The van der Waals surface area contributed by atoms with E-state index in [-0.39, 0.29) is 23.9 Å². The number of imidazole rings is 1. The number of aryl methyl sites for hydroxylation is 1. The number of ether oxygens (including phenoxy) is 3. The number of fused-ring (bicyclic) bond motifs is 1. The van der Waals surface area contributed by atoms with E-state index in [2.05, 4.69) is 20.5 Å². The highest BCUT2D eigenvalue weighted by atomic mass is 16.8. The first kappa shape index (κ1) is 29.8. The number of rotatable bonds is 9. The predicted molar refractivity (Wildman–Crippen MR) is 165 cm³/mol. The second kappa shape index (κ2) is 13.2. The molecule has 6 rings (SSSR count). The highest BCUT2D eigenvalue weighted by Crippen LogP contribution is 2.31. The van der Waals surface area contributed by atoms with Crippen LogP contribution < -0.4 is 5.69 Å². The standard InChI is InChI=1S/C33H34N6O6/c1-3-39-30(35-36-37-39)26-13-8-7-12-25(26)23-18-16-22(17-19-23)20-38-29-27(14-9-15-28(29)34-32(38)41)31(40)43-21(2)44-33(42)45-24-10-5-4-6-11-24/h7-9,12-19,21,24H,3-6,10-11,20H2,1-2H3,(H,34,41)/t21-/m1/s1. The number of hydrogen-bond donors (Lipinski definition) is 1. The molecule has 45 heavy (non-hydrogen) atoms. The molecule has 232 valence electrons. The smallest absolute Gasteiger partial charge is 0.431 e. The maximum absolute atomic E-state index is 13.2. The van der Waals surface area contributed by atoms with E-state index in [9.17, 15) is 14.4 Å². The molecule has 1 atom stereocenters. The van der Waals surface area contributed by atoms with Gasteiger partial charge in [-0.3, -0.25) is 4.57 Å². The number of nitrogens with one attached hydrogen (secondary N) is 1. The lowest BCUT2D eigenvalue weighted by molar-refractivity contribution is -0.0914. The third-order valence-corrected chi connectivity index (χ3v) is 7.97. The van der Waals surface area contributed by atoms with Crippen LogP contribution in [0.3, 0.4) is 0 Å². The summed E-state index contributed by atoms with van der Waals surface area (Å²) in [6, 6.07) is 20.7. The molecular formula is C33H34N6O6. The maximum Gasteiger partial charge on any atom is 0.511 e. The first-order valence-electron chi connectivity index (χ1n) is 15.2. The first-order valence-corrected chi connectivity index (χ1v) is 15.2. The largest absolute Gasteiger partial charge is 0.511 e. The molecular weight excluding hydrogens is 576 g/mol. The van der Waals surface area contributed by atoms with Crippen LogP contribution in [0.15, 0.2) is 71.5 Å². The number of tetrazole rings is 1. The number of carbonyl (C=O) groups excluding carboxylic acids is 2. The molecule has 12 heteroatoms. The molecule has 2 heterocycles. The molecule has 1 N–H and O–H groups in total. The minimum Gasteiger partial charge on any atom is -0.431 e. The zero-order valence-corrected chi connectivity index (χ0v) is 25.1. The Morgan fingerprint density at radius 2 is 1.71 bits per heavy atom. The summed E-state index contributed by atoms with van der Waals surface area (Å²) in [5.74, 6) is -0.0459. The van der Waals surface area contributed by atoms with Crippen LogP contribution in [0.25, 0.3) is 33.5 Å². The molecule has 0 spiro atoms. The lowest BCUT2D eigenvalue weighted by Crippen LogP contribution is -2.27. The van der Waals surface area contributed by atoms with E-state index >= 15 is 0 Å². The van der Waals surface area contributed by atoms with E-state index in [4.69, 9.17) is 14.2 Å². The van der Waals surface area contributed by atoms with Gasteiger partial charge >= 0.3 is 17.8 Å². The van der Waals surface area contributed by atoms with Crippen molar-refractivity contribution in [3.63, 3.8) is 0 Å². The monoisotopic (exact) mass is 610 g/mol. The van der Waals surface area contributed by atoms with Crippen LogP contribution in [-0.2, 0) is 27.3 Å². The van der Waals surface area contributed by atoms with E-state index in [1.165, 1.54) is 11.5 Å². The molecule has 0 saturated heterocycles. The van der Waals surface area contributed by atoms with E-state index in [1.807, 2.05) is 55.5 Å². The molecule has 1 aliphatic carbocycles. The quantitative estimate of drug-likeness (QED) is 0.164. The van der Waals surface area contributed by atoms with Crippen LogP contribution in [-0.4, -0.2) is 54.3 Å². The molecule has 12 nitrogen and oxygen atoms in total. The maximum atomic E-state index is 13.2. The van der Waals surface area contributed by atoms with Crippen molar-refractivity contribution in [3.8, 4) is 22.5 Å². The second-order valence-corrected chi connectivity index (χ2v) is 11.0. The highest BCUT2D eigenvalue weighted by Gasteiger charge is 2.24. The van der Waals surface area contributed by atoms with Gasteiger partial charge in [-0.05, 0) is 71.9 Å². The van der Waals surface area contributed by atoms with Crippen molar-refractivity contribution in [3.05, 3.63) is 88.3 Å². The number of aromatic amines is 1. The molecule has 2 aromatic heterocycles. The first-order chi connectivity index (χ1) is 21.9. The summed E-state index contributed by atoms with van der Waals surface area (Å²) >= 11 is 0. The van der Waals surface area contributed by atoms with Crippen LogP contribution in [0.2, 0.25) is 0 Å². The molecule has 0 bridgehead atoms. The van der Waals surface area contributed by atoms with E-state index in [0.717, 1.165) is 54.4 Å². The summed E-state index contributed by atoms with van der Waals surface area (Å²) < 4.78 is 19.2. The lowest BCUT2D eigenvalue weighted by atomic mass is 9.98. The van der Waals surface area contributed by atoms with Crippen LogP contribution >= 0.6 is 0 Å². The fourth-order valence-corrected chi connectivity index (χ4v) is 5.77. The number of aromatic nitrogens is 6. The number of carbonyl (C=O) groups is 2. The van der Waals surface area contributed by atoms with Gasteiger partial charge < -0.3 is 19.2 Å². The van der Waals surface area contributed by atoms with Gasteiger partial charge in [-0.2, -0.15) is 0 Å². The summed E-state index contributed by atoms with van der Waals surface area (Å²) in [5, 5.41) is 12.1. The number of hydrogen-bond acceptors (Lipinski definition) is 9. The minimum absolute atomic E-state index is 0.168. The van der Waals surface area contributed by atoms with Crippen molar-refractivity contribution in [2.75, 3.05) is 0 Å². The summed E-state index contributed by atoms with van der Waals surface area (Å²) in [7, 11) is 0. The Bertz CT molecular complexity index is 1870. The van der Waals surface area contributed by atoms with Gasteiger partial charge in [-0.1, -0.05) is 61.0 Å². The average Bonchev–Trinajstić information content (AvgIpc) is 3.65. The van der Waals surface area contributed by atoms with Crippen LogP contribution in [0.1, 0.15) is 61.9 Å². The van der Waals surface area contributed by atoms with Gasteiger partial charge in [-0.25, -0.2) is 19.1 Å². The van der Waals surface area contributed by atoms with Crippen molar-refractivity contribution < 1.29 is 23.8 Å². The van der Waals surface area contributed by atoms with E-state index in [1.54, 1.807) is 22.9 Å². The zero-order valence-electron chi connectivity index (χ0n) is 25.1. The Balaban J connectivity index is 1.20. The normalized spacial score (nSPS) is 14.3. The molecule has 0 radical (unpaired) electrons. The van der Waals surface area contributed by atoms with Crippen molar-refractivity contribution in [2.24, 2.45) is 0 Å². The van der Waals surface area contributed by atoms with Crippen molar-refractivity contribution in [1.82, 2.24) is 29.8 Å². The van der Waals surface area contributed by atoms with Gasteiger partial charge in [0.25, 0.3) is 0 Å². The number of nitrogens with zero attached hydrogens (tertiary/aromatic N) is 5. The number of H-pyrrole nitrogens is 1. The fraction of sp³-hybridized carbons (Fsp3) is 0.333. The molecule has 0 unspecified atom stereocenters. The summed E-state index contributed by atoms with van der Waals surface area (Å²) in [4.78, 5) is 41.3. The van der Waals surface area contributed by atoms with Crippen molar-refractivity contribution in [1.29, 1.82) is 0 Å². The molecule has 3 aromatic carbocycles. The Morgan fingerprint density at radius 3 is 2.47 bits per heavy atom. The molecule has 1 aliphatic rings. The number of para-hydroxylation sites is 1. The molecule has 1 fully saturated rings. The summed E-state index contributed by atoms with van der Waals surface area (Å²) in [6.07, 6.45) is 2.51. The Morgan fingerprint density at radius 1 is 0.956 bits per heavy atom.